The van der Waals surface area contributed by atoms with Gasteiger partial charge in [-0.15, -0.1) is 11.6 Å². The van der Waals surface area contributed by atoms with E-state index in [0.29, 0.717) is 12.4 Å². The molecule has 0 aliphatic carbocycles. The zero-order valence-electron chi connectivity index (χ0n) is 7.94. The van der Waals surface area contributed by atoms with Crippen molar-refractivity contribution in [2.75, 3.05) is 6.54 Å². The summed E-state index contributed by atoms with van der Waals surface area (Å²) < 4.78 is 0. The summed E-state index contributed by atoms with van der Waals surface area (Å²) in [7, 11) is 0. The Morgan fingerprint density at radius 1 is 1.50 bits per heavy atom. The van der Waals surface area contributed by atoms with Gasteiger partial charge in [-0.05, 0) is 6.92 Å². The van der Waals surface area contributed by atoms with Crippen LogP contribution in [0.5, 0.6) is 0 Å². The highest BCUT2D eigenvalue weighted by Gasteiger charge is 2.01. The summed E-state index contributed by atoms with van der Waals surface area (Å²) in [5, 5.41) is 8.83. The molecule has 4 heteroatoms. The molecule has 14 heavy (non-hydrogen) atoms. The number of aliphatic imine (C=N–C) groups is 1. The normalized spacial score (nSPS) is 13.8. The van der Waals surface area contributed by atoms with Crippen LogP contribution in [0.25, 0.3) is 0 Å². The average Bonchev–Trinajstić information content (AvgIpc) is 2.20. The zero-order chi connectivity index (χ0) is 10.4. The monoisotopic (exact) mass is 212 g/mol. The molecule has 0 bridgehead atoms. The molecule has 0 saturated heterocycles. The van der Waals surface area contributed by atoms with Gasteiger partial charge in [0.1, 0.15) is 0 Å². The zero-order valence-corrected chi connectivity index (χ0v) is 8.70. The predicted molar refractivity (Wildman–Crippen MR) is 58.1 cm³/mol. The highest BCUT2D eigenvalue weighted by molar-refractivity contribution is 6.20. The number of hydrogen-bond donors (Lipinski definition) is 2. The molecule has 0 spiro atoms. The first-order valence-corrected chi connectivity index (χ1v) is 4.81. The second kappa shape index (κ2) is 5.62. The molecule has 1 rings (SSSR count). The Morgan fingerprint density at radius 2 is 2.14 bits per heavy atom. The van der Waals surface area contributed by atoms with Gasteiger partial charge in [0.05, 0.1) is 11.9 Å². The van der Waals surface area contributed by atoms with Crippen LogP contribution in [0.4, 0.5) is 0 Å². The molecule has 0 aliphatic rings. The molecule has 0 heterocycles. The molecule has 0 amide bonds. The minimum absolute atomic E-state index is 0.0398. The third-order valence-electron chi connectivity index (χ3n) is 1.65. The minimum atomic E-state index is -0.0398. The Labute approximate surface area is 88.4 Å². The maximum Gasteiger partial charge on any atom is 0.152 e. The number of hydroxylamine groups is 1. The van der Waals surface area contributed by atoms with Gasteiger partial charge in [0.2, 0.25) is 0 Å². The number of nitrogens with zero attached hydrogens (tertiary/aromatic N) is 1. The van der Waals surface area contributed by atoms with Crippen molar-refractivity contribution in [3.63, 3.8) is 0 Å². The van der Waals surface area contributed by atoms with Crippen molar-refractivity contribution in [3.8, 4) is 0 Å². The predicted octanol–water partition coefficient (Wildman–Crippen LogP) is 2.04. The Hall–Kier alpha value is -1.06. The molecule has 1 unspecified atom stereocenters. The van der Waals surface area contributed by atoms with E-state index in [1.165, 1.54) is 0 Å². The standard InChI is InChI=1S/C10H13ClN2O/c1-8(11)7-12-10(13-14)9-5-3-2-4-6-9/h2-6,8,14H,7H2,1H3,(H,12,13). The molecule has 2 N–H and O–H groups in total. The fourth-order valence-corrected chi connectivity index (χ4v) is 1.07. The lowest BCUT2D eigenvalue weighted by Gasteiger charge is -2.05. The summed E-state index contributed by atoms with van der Waals surface area (Å²) >= 11 is 5.75. The van der Waals surface area contributed by atoms with Crippen LogP contribution in [-0.4, -0.2) is 23.0 Å². The molecule has 76 valence electrons. The Kier molecular flexibility index (Phi) is 4.43. The molecular formula is C10H13ClN2O. The second-order valence-electron chi connectivity index (χ2n) is 2.95. The van der Waals surface area contributed by atoms with E-state index in [-0.39, 0.29) is 5.38 Å². The fourth-order valence-electron chi connectivity index (χ4n) is 1.00. The van der Waals surface area contributed by atoms with Crippen LogP contribution >= 0.6 is 11.6 Å². The topological polar surface area (TPSA) is 44.6 Å². The van der Waals surface area contributed by atoms with Gasteiger partial charge >= 0.3 is 0 Å². The van der Waals surface area contributed by atoms with Crippen LogP contribution in [0, 0.1) is 0 Å². The van der Waals surface area contributed by atoms with Gasteiger partial charge in [0, 0.05) is 5.56 Å². The lowest BCUT2D eigenvalue weighted by Crippen LogP contribution is -2.21. The summed E-state index contributed by atoms with van der Waals surface area (Å²) in [4.78, 5) is 4.14. The smallest absolute Gasteiger partial charge is 0.152 e. The van der Waals surface area contributed by atoms with E-state index in [1.54, 1.807) is 0 Å². The molecule has 0 aromatic heterocycles. The number of halogens is 1. The van der Waals surface area contributed by atoms with E-state index in [1.807, 2.05) is 37.3 Å². The minimum Gasteiger partial charge on any atom is -0.290 e. The first-order valence-electron chi connectivity index (χ1n) is 4.38. The summed E-state index contributed by atoms with van der Waals surface area (Å²) in [5.74, 6) is 0.443. The van der Waals surface area contributed by atoms with Gasteiger partial charge in [-0.2, -0.15) is 0 Å². The molecule has 1 aromatic carbocycles. The fraction of sp³-hybridized carbons (Fsp3) is 0.300. The Bertz CT molecular complexity index is 298. The van der Waals surface area contributed by atoms with Crippen molar-refractivity contribution in [2.45, 2.75) is 12.3 Å². The largest absolute Gasteiger partial charge is 0.290 e. The number of rotatable bonds is 3. The van der Waals surface area contributed by atoms with Crippen molar-refractivity contribution in [2.24, 2.45) is 4.99 Å². The summed E-state index contributed by atoms with van der Waals surface area (Å²) in [6, 6.07) is 9.39. The molecule has 0 radical (unpaired) electrons. The number of benzene rings is 1. The van der Waals surface area contributed by atoms with E-state index in [9.17, 15) is 0 Å². The van der Waals surface area contributed by atoms with Crippen LogP contribution in [0.2, 0.25) is 0 Å². The molecule has 1 atom stereocenters. The van der Waals surface area contributed by atoms with Gasteiger partial charge < -0.3 is 0 Å². The van der Waals surface area contributed by atoms with Crippen molar-refractivity contribution < 1.29 is 5.21 Å². The lowest BCUT2D eigenvalue weighted by molar-refractivity contribution is 0.234. The van der Waals surface area contributed by atoms with Gasteiger partial charge in [0.25, 0.3) is 0 Å². The summed E-state index contributed by atoms with van der Waals surface area (Å²) in [6.07, 6.45) is 0. The van der Waals surface area contributed by atoms with Crippen LogP contribution in [0.15, 0.2) is 35.3 Å². The van der Waals surface area contributed by atoms with Crippen molar-refractivity contribution in [3.05, 3.63) is 35.9 Å². The number of hydrogen-bond acceptors (Lipinski definition) is 2. The quantitative estimate of drug-likeness (QED) is 0.349. The van der Waals surface area contributed by atoms with Crippen LogP contribution in [0.1, 0.15) is 12.5 Å². The van der Waals surface area contributed by atoms with E-state index in [2.05, 4.69) is 10.5 Å². The lowest BCUT2D eigenvalue weighted by atomic mass is 10.2. The van der Waals surface area contributed by atoms with Gasteiger partial charge in [-0.1, -0.05) is 30.3 Å². The highest BCUT2D eigenvalue weighted by Crippen LogP contribution is 2.01. The van der Waals surface area contributed by atoms with Gasteiger partial charge in [-0.25, -0.2) is 0 Å². The number of alkyl halides is 1. The first-order chi connectivity index (χ1) is 6.74. The SMILES string of the molecule is CC(Cl)CN=C(NO)c1ccccc1. The van der Waals surface area contributed by atoms with Crippen LogP contribution in [-0.2, 0) is 0 Å². The van der Waals surface area contributed by atoms with Crippen LogP contribution < -0.4 is 5.48 Å². The Balaban J connectivity index is 2.77. The number of nitrogens with one attached hydrogen (secondary N) is 1. The van der Waals surface area contributed by atoms with Crippen LogP contribution in [0.3, 0.4) is 0 Å². The maximum absolute atomic E-state index is 8.87. The molecule has 3 nitrogen and oxygen atoms in total. The third-order valence-corrected chi connectivity index (χ3v) is 1.79. The third kappa shape index (κ3) is 3.36. The summed E-state index contributed by atoms with van der Waals surface area (Å²) in [5.41, 5.74) is 2.91. The number of amidine groups is 1. The average molecular weight is 213 g/mol. The molecule has 0 saturated carbocycles. The van der Waals surface area contributed by atoms with E-state index < -0.39 is 0 Å². The van der Waals surface area contributed by atoms with Crippen molar-refractivity contribution >= 4 is 17.4 Å². The molecular weight excluding hydrogens is 200 g/mol. The Morgan fingerprint density at radius 3 is 2.64 bits per heavy atom. The molecule has 0 fully saturated rings. The van der Waals surface area contributed by atoms with E-state index in [4.69, 9.17) is 16.8 Å². The van der Waals surface area contributed by atoms with Gasteiger partial charge in [0.15, 0.2) is 5.84 Å². The van der Waals surface area contributed by atoms with E-state index in [0.717, 1.165) is 5.56 Å². The van der Waals surface area contributed by atoms with Crippen molar-refractivity contribution in [1.82, 2.24) is 5.48 Å². The molecule has 0 aliphatic heterocycles. The second-order valence-corrected chi connectivity index (χ2v) is 3.69. The summed E-state index contributed by atoms with van der Waals surface area (Å²) in [6.45, 7) is 2.32. The first kappa shape index (κ1) is 11.0. The molecule has 1 aromatic rings. The highest BCUT2D eigenvalue weighted by atomic mass is 35.5. The maximum atomic E-state index is 8.87. The van der Waals surface area contributed by atoms with Gasteiger partial charge in [-0.3, -0.25) is 15.7 Å². The van der Waals surface area contributed by atoms with E-state index >= 15 is 0 Å². The van der Waals surface area contributed by atoms with Crippen molar-refractivity contribution in [1.29, 1.82) is 0 Å².